The van der Waals surface area contributed by atoms with Gasteiger partial charge in [0.2, 0.25) is 0 Å². The number of para-hydroxylation sites is 2. The summed E-state index contributed by atoms with van der Waals surface area (Å²) in [5.74, 6) is 0. The highest BCUT2D eigenvalue weighted by Gasteiger charge is 2.20. The fraction of sp³-hybridized carbons (Fsp3) is 0.186. The van der Waals surface area contributed by atoms with E-state index in [0.29, 0.717) is 0 Å². The first kappa shape index (κ1) is 27.6. The highest BCUT2D eigenvalue weighted by molar-refractivity contribution is 6.24. The summed E-state index contributed by atoms with van der Waals surface area (Å²) in [6.45, 7) is 13.7. The van der Waals surface area contributed by atoms with Gasteiger partial charge in [0.05, 0.1) is 11.2 Å². The molecular formula is C43H37NO. The highest BCUT2D eigenvalue weighted by Crippen LogP contribution is 2.40. The van der Waals surface area contributed by atoms with E-state index in [-0.39, 0.29) is 10.8 Å². The molecule has 8 aromatic rings. The van der Waals surface area contributed by atoms with Crippen molar-refractivity contribution >= 4 is 54.4 Å². The minimum absolute atomic E-state index is 0.0511. The summed E-state index contributed by atoms with van der Waals surface area (Å²) in [5.41, 5.74) is 9.94. The Morgan fingerprint density at radius 3 is 1.82 bits per heavy atom. The van der Waals surface area contributed by atoms with Gasteiger partial charge in [0.15, 0.2) is 0 Å². The molecule has 0 atom stereocenters. The topological polar surface area (TPSA) is 26.0 Å². The number of aromatic nitrogens is 1. The molecule has 2 aromatic heterocycles. The van der Waals surface area contributed by atoms with Crippen LogP contribution < -0.4 is 0 Å². The van der Waals surface area contributed by atoms with Gasteiger partial charge >= 0.3 is 0 Å². The van der Waals surface area contributed by atoms with Crippen molar-refractivity contribution in [2.75, 3.05) is 0 Å². The van der Waals surface area contributed by atoms with E-state index in [2.05, 4.69) is 145 Å². The molecule has 0 aliphatic rings. The van der Waals surface area contributed by atoms with Gasteiger partial charge in [-0.3, -0.25) is 0 Å². The maximum absolute atomic E-state index is 6.38. The number of rotatable bonds is 2. The van der Waals surface area contributed by atoms with Gasteiger partial charge in [0.25, 0.3) is 0 Å². The van der Waals surface area contributed by atoms with Crippen LogP contribution in [0.15, 0.2) is 120 Å². The lowest BCUT2D eigenvalue weighted by atomic mass is 9.82. The molecular weight excluding hydrogens is 546 g/mol. The van der Waals surface area contributed by atoms with Gasteiger partial charge in [-0.1, -0.05) is 120 Å². The summed E-state index contributed by atoms with van der Waals surface area (Å²) in [6, 6.07) is 41.8. The second-order valence-corrected chi connectivity index (χ2v) is 14.5. The lowest BCUT2D eigenvalue weighted by molar-refractivity contribution is 0.590. The average molecular weight is 584 g/mol. The summed E-state index contributed by atoms with van der Waals surface area (Å²) < 4.78 is 6.38. The van der Waals surface area contributed by atoms with E-state index in [1.54, 1.807) is 0 Å². The van der Waals surface area contributed by atoms with Gasteiger partial charge in [-0.25, -0.2) is 4.98 Å². The Bertz CT molecular complexity index is 2450. The number of benzene rings is 6. The van der Waals surface area contributed by atoms with Crippen LogP contribution in [0.5, 0.6) is 0 Å². The van der Waals surface area contributed by atoms with Crippen LogP contribution in [0, 0.1) is 0 Å². The molecule has 6 aromatic carbocycles. The van der Waals surface area contributed by atoms with Crippen molar-refractivity contribution < 1.29 is 4.42 Å². The lowest BCUT2D eigenvalue weighted by Crippen LogP contribution is -2.11. The molecule has 8 rings (SSSR count). The predicted octanol–water partition coefficient (Wildman–Crippen LogP) is 12.4. The van der Waals surface area contributed by atoms with E-state index in [0.717, 1.165) is 49.8 Å². The SMILES string of the molecule is CC(C)(C)c1ccc2c(c1)c1cc(C(C)(C)C)ccc1c1nc(-c3cccc(-c4cccc5c4oc4ccccc45)c3)ccc21. The molecule has 45 heavy (non-hydrogen) atoms. The lowest BCUT2D eigenvalue weighted by Gasteiger charge is -2.22. The van der Waals surface area contributed by atoms with Crippen molar-refractivity contribution in [3.05, 3.63) is 126 Å². The first-order valence-electron chi connectivity index (χ1n) is 15.9. The molecule has 0 bridgehead atoms. The van der Waals surface area contributed by atoms with E-state index in [1.807, 2.05) is 12.1 Å². The Balaban J connectivity index is 1.34. The Morgan fingerprint density at radius 1 is 0.467 bits per heavy atom. The average Bonchev–Trinajstić information content (AvgIpc) is 3.42. The zero-order valence-electron chi connectivity index (χ0n) is 26.8. The Morgan fingerprint density at radius 2 is 1.07 bits per heavy atom. The van der Waals surface area contributed by atoms with E-state index in [4.69, 9.17) is 9.40 Å². The van der Waals surface area contributed by atoms with E-state index in [9.17, 15) is 0 Å². The number of hydrogen-bond acceptors (Lipinski definition) is 2. The van der Waals surface area contributed by atoms with Crippen molar-refractivity contribution in [1.29, 1.82) is 0 Å². The van der Waals surface area contributed by atoms with E-state index < -0.39 is 0 Å². The normalized spacial score (nSPS) is 12.7. The van der Waals surface area contributed by atoms with Crippen LogP contribution in [0.2, 0.25) is 0 Å². The monoisotopic (exact) mass is 583 g/mol. The molecule has 0 fully saturated rings. The van der Waals surface area contributed by atoms with Gasteiger partial charge in [-0.2, -0.15) is 0 Å². The first-order valence-corrected chi connectivity index (χ1v) is 15.9. The zero-order valence-corrected chi connectivity index (χ0v) is 26.8. The molecule has 0 radical (unpaired) electrons. The summed E-state index contributed by atoms with van der Waals surface area (Å²) in [7, 11) is 0. The van der Waals surface area contributed by atoms with E-state index in [1.165, 1.54) is 38.1 Å². The van der Waals surface area contributed by atoms with Gasteiger partial charge < -0.3 is 4.42 Å². The zero-order chi connectivity index (χ0) is 31.1. The molecule has 2 heteroatoms. The van der Waals surface area contributed by atoms with Crippen LogP contribution in [0.1, 0.15) is 52.7 Å². The Kier molecular flexibility index (Phi) is 5.99. The smallest absolute Gasteiger partial charge is 0.143 e. The van der Waals surface area contributed by atoms with Crippen molar-refractivity contribution in [3.8, 4) is 22.4 Å². The van der Waals surface area contributed by atoms with Crippen LogP contribution in [-0.2, 0) is 10.8 Å². The van der Waals surface area contributed by atoms with Crippen LogP contribution >= 0.6 is 0 Å². The second kappa shape index (κ2) is 9.78. The maximum Gasteiger partial charge on any atom is 0.143 e. The van der Waals surface area contributed by atoms with Crippen LogP contribution in [0.4, 0.5) is 0 Å². The van der Waals surface area contributed by atoms with Crippen molar-refractivity contribution in [3.63, 3.8) is 0 Å². The Hall–Kier alpha value is -4.95. The fourth-order valence-corrected chi connectivity index (χ4v) is 6.77. The minimum Gasteiger partial charge on any atom is -0.455 e. The standard InChI is InChI=1S/C43H37NO/c1-42(2,3)28-17-19-31-33-21-22-38(44-40(33)34-20-18-29(43(4,5)6)25-37(34)36(31)24-28)27-12-9-11-26(23-27)30-14-10-15-35-32-13-7-8-16-39(32)45-41(30)35/h7-25H,1-6H3. The van der Waals surface area contributed by atoms with Gasteiger partial charge in [0.1, 0.15) is 11.2 Å². The van der Waals surface area contributed by atoms with Gasteiger partial charge in [0, 0.05) is 32.7 Å². The van der Waals surface area contributed by atoms with Gasteiger partial charge in [-0.05, 0) is 80.1 Å². The molecule has 0 aliphatic heterocycles. The summed E-state index contributed by atoms with van der Waals surface area (Å²) in [4.78, 5) is 5.40. The molecule has 0 amide bonds. The molecule has 0 saturated heterocycles. The van der Waals surface area contributed by atoms with E-state index >= 15 is 0 Å². The van der Waals surface area contributed by atoms with Crippen molar-refractivity contribution in [2.45, 2.75) is 52.4 Å². The summed E-state index contributed by atoms with van der Waals surface area (Å²) >= 11 is 0. The third-order valence-corrected chi connectivity index (χ3v) is 9.38. The Labute approximate surface area is 264 Å². The number of hydrogen-bond donors (Lipinski definition) is 0. The number of furan rings is 1. The van der Waals surface area contributed by atoms with Crippen LogP contribution in [-0.4, -0.2) is 4.98 Å². The van der Waals surface area contributed by atoms with Gasteiger partial charge in [-0.15, -0.1) is 0 Å². The molecule has 0 spiro atoms. The third kappa shape index (κ3) is 4.51. The molecule has 0 unspecified atom stereocenters. The summed E-state index contributed by atoms with van der Waals surface area (Å²) in [5, 5.41) is 8.48. The largest absolute Gasteiger partial charge is 0.455 e. The van der Waals surface area contributed by atoms with Crippen molar-refractivity contribution in [2.24, 2.45) is 0 Å². The molecule has 2 heterocycles. The van der Waals surface area contributed by atoms with Crippen LogP contribution in [0.25, 0.3) is 76.8 Å². The third-order valence-electron chi connectivity index (χ3n) is 9.38. The van der Waals surface area contributed by atoms with Crippen molar-refractivity contribution in [1.82, 2.24) is 4.98 Å². The second-order valence-electron chi connectivity index (χ2n) is 14.5. The minimum atomic E-state index is 0.0511. The quantitative estimate of drug-likeness (QED) is 0.189. The number of nitrogens with zero attached hydrogens (tertiary/aromatic N) is 1. The highest BCUT2D eigenvalue weighted by atomic mass is 16.3. The molecule has 0 N–H and O–H groups in total. The first-order chi connectivity index (χ1) is 21.6. The molecule has 2 nitrogen and oxygen atoms in total. The van der Waals surface area contributed by atoms with Crippen LogP contribution in [0.3, 0.4) is 0 Å². The molecule has 220 valence electrons. The number of pyridine rings is 1. The predicted molar refractivity (Wildman–Crippen MR) is 192 cm³/mol. The summed E-state index contributed by atoms with van der Waals surface area (Å²) in [6.07, 6.45) is 0. The molecule has 0 saturated carbocycles. The fourth-order valence-electron chi connectivity index (χ4n) is 6.77. The number of fused-ring (bicyclic) bond motifs is 9. The molecule has 0 aliphatic carbocycles. The maximum atomic E-state index is 6.38.